The minimum absolute atomic E-state index is 0.147. The lowest BCUT2D eigenvalue weighted by Crippen LogP contribution is -2.41. The molecule has 0 saturated heterocycles. The zero-order valence-electron chi connectivity index (χ0n) is 17.8. The molecule has 0 bridgehead atoms. The first-order valence-corrected chi connectivity index (χ1v) is 10.2. The number of hydrogen-bond donors (Lipinski definition) is 1. The standard InChI is InChI=1S/C26H26N2O3/c1-3-30-24-16-20(17-27)14-15-23(24)31-18-25(29)28-19-26(2,21-10-6-4-7-11-21)22-12-8-5-9-13-22/h4-16H,3,18-19H2,1-2H3,(H,28,29). The predicted octanol–water partition coefficient (Wildman–Crippen LogP) is 4.46. The van der Waals surface area contributed by atoms with Gasteiger partial charge in [-0.2, -0.15) is 5.26 Å². The van der Waals surface area contributed by atoms with Gasteiger partial charge >= 0.3 is 0 Å². The number of carbonyl (C=O) groups excluding carboxylic acids is 1. The summed E-state index contributed by atoms with van der Waals surface area (Å²) in [5.41, 5.74) is 2.33. The van der Waals surface area contributed by atoms with Gasteiger partial charge in [-0.3, -0.25) is 4.79 Å². The van der Waals surface area contributed by atoms with Gasteiger partial charge in [0.2, 0.25) is 0 Å². The highest BCUT2D eigenvalue weighted by Gasteiger charge is 2.29. The monoisotopic (exact) mass is 414 g/mol. The van der Waals surface area contributed by atoms with Gasteiger partial charge in [-0.1, -0.05) is 60.7 Å². The zero-order valence-corrected chi connectivity index (χ0v) is 17.8. The molecule has 0 aromatic heterocycles. The molecule has 0 atom stereocenters. The van der Waals surface area contributed by atoms with Crippen molar-refractivity contribution >= 4 is 5.91 Å². The van der Waals surface area contributed by atoms with Crippen molar-refractivity contribution in [3.8, 4) is 17.6 Å². The number of hydrogen-bond acceptors (Lipinski definition) is 4. The van der Waals surface area contributed by atoms with Crippen molar-refractivity contribution < 1.29 is 14.3 Å². The van der Waals surface area contributed by atoms with E-state index in [0.717, 1.165) is 11.1 Å². The summed E-state index contributed by atoms with van der Waals surface area (Å²) in [6, 6.07) is 27.2. The fourth-order valence-electron chi connectivity index (χ4n) is 3.42. The van der Waals surface area contributed by atoms with Gasteiger partial charge < -0.3 is 14.8 Å². The van der Waals surface area contributed by atoms with Crippen molar-refractivity contribution in [2.75, 3.05) is 19.8 Å². The second kappa shape index (κ2) is 10.3. The first-order valence-electron chi connectivity index (χ1n) is 10.2. The van der Waals surface area contributed by atoms with Gasteiger partial charge in [-0.25, -0.2) is 0 Å². The van der Waals surface area contributed by atoms with E-state index in [9.17, 15) is 4.79 Å². The average Bonchev–Trinajstić information content (AvgIpc) is 2.83. The summed E-state index contributed by atoms with van der Waals surface area (Å²) in [5, 5.41) is 12.1. The maximum absolute atomic E-state index is 12.6. The average molecular weight is 415 g/mol. The summed E-state index contributed by atoms with van der Waals surface area (Å²) < 4.78 is 11.2. The molecule has 158 valence electrons. The van der Waals surface area contributed by atoms with E-state index in [1.54, 1.807) is 18.2 Å². The molecule has 3 aromatic carbocycles. The van der Waals surface area contributed by atoms with Crippen LogP contribution in [0.3, 0.4) is 0 Å². The highest BCUT2D eigenvalue weighted by Crippen LogP contribution is 2.31. The molecule has 0 spiro atoms. The lowest BCUT2D eigenvalue weighted by molar-refractivity contribution is -0.123. The Bertz CT molecular complexity index is 1000. The number of nitriles is 1. The number of nitrogens with zero attached hydrogens (tertiary/aromatic N) is 1. The second-order valence-electron chi connectivity index (χ2n) is 7.34. The third kappa shape index (κ3) is 5.43. The van der Waals surface area contributed by atoms with Crippen LogP contribution in [-0.2, 0) is 10.2 Å². The van der Waals surface area contributed by atoms with Gasteiger partial charge in [0, 0.05) is 18.0 Å². The van der Waals surface area contributed by atoms with Crippen LogP contribution in [0.15, 0.2) is 78.9 Å². The van der Waals surface area contributed by atoms with E-state index in [-0.39, 0.29) is 17.9 Å². The van der Waals surface area contributed by atoms with Crippen molar-refractivity contribution in [2.45, 2.75) is 19.3 Å². The Balaban J connectivity index is 1.69. The minimum Gasteiger partial charge on any atom is -0.490 e. The van der Waals surface area contributed by atoms with E-state index >= 15 is 0 Å². The Morgan fingerprint density at radius 3 is 2.10 bits per heavy atom. The third-order valence-electron chi connectivity index (χ3n) is 5.19. The van der Waals surface area contributed by atoms with Crippen molar-refractivity contribution in [3.63, 3.8) is 0 Å². The van der Waals surface area contributed by atoms with Crippen LogP contribution in [0.2, 0.25) is 0 Å². The fraction of sp³-hybridized carbons (Fsp3) is 0.231. The summed E-state index contributed by atoms with van der Waals surface area (Å²) in [4.78, 5) is 12.6. The van der Waals surface area contributed by atoms with Crippen LogP contribution in [0.25, 0.3) is 0 Å². The van der Waals surface area contributed by atoms with Crippen LogP contribution in [-0.4, -0.2) is 25.7 Å². The molecule has 0 aliphatic rings. The number of rotatable bonds is 9. The lowest BCUT2D eigenvalue weighted by Gasteiger charge is -2.31. The maximum atomic E-state index is 12.6. The summed E-state index contributed by atoms with van der Waals surface area (Å²) in [5.74, 6) is 0.655. The predicted molar refractivity (Wildman–Crippen MR) is 120 cm³/mol. The van der Waals surface area contributed by atoms with E-state index < -0.39 is 0 Å². The molecule has 5 heteroatoms. The lowest BCUT2D eigenvalue weighted by atomic mass is 9.76. The summed E-state index contributed by atoms with van der Waals surface area (Å²) >= 11 is 0. The molecule has 1 amide bonds. The Morgan fingerprint density at radius 1 is 0.935 bits per heavy atom. The van der Waals surface area contributed by atoms with Gasteiger partial charge in [0.15, 0.2) is 18.1 Å². The number of nitrogens with one attached hydrogen (secondary N) is 1. The molecular formula is C26H26N2O3. The molecule has 31 heavy (non-hydrogen) atoms. The number of amides is 1. The quantitative estimate of drug-likeness (QED) is 0.561. The van der Waals surface area contributed by atoms with Crippen LogP contribution < -0.4 is 14.8 Å². The van der Waals surface area contributed by atoms with Crippen LogP contribution in [0.5, 0.6) is 11.5 Å². The molecule has 0 saturated carbocycles. The van der Waals surface area contributed by atoms with E-state index in [1.807, 2.05) is 43.3 Å². The number of ether oxygens (including phenoxy) is 2. The van der Waals surface area contributed by atoms with Crippen LogP contribution in [0.4, 0.5) is 0 Å². The van der Waals surface area contributed by atoms with E-state index in [1.165, 1.54) is 0 Å². The first kappa shape index (κ1) is 21.9. The van der Waals surface area contributed by atoms with Crippen molar-refractivity contribution in [2.24, 2.45) is 0 Å². The van der Waals surface area contributed by atoms with Crippen LogP contribution in [0.1, 0.15) is 30.5 Å². The van der Waals surface area contributed by atoms with Gasteiger partial charge in [0.1, 0.15) is 0 Å². The highest BCUT2D eigenvalue weighted by molar-refractivity contribution is 5.78. The van der Waals surface area contributed by atoms with Crippen molar-refractivity contribution in [1.29, 1.82) is 5.26 Å². The molecule has 0 aliphatic heterocycles. The molecule has 0 aliphatic carbocycles. The molecule has 1 N–H and O–H groups in total. The Kier molecular flexibility index (Phi) is 7.29. The fourth-order valence-corrected chi connectivity index (χ4v) is 3.42. The van der Waals surface area contributed by atoms with E-state index in [4.69, 9.17) is 14.7 Å². The maximum Gasteiger partial charge on any atom is 0.257 e. The minimum atomic E-state index is -0.386. The molecule has 0 unspecified atom stereocenters. The summed E-state index contributed by atoms with van der Waals surface area (Å²) in [6.45, 7) is 4.68. The third-order valence-corrected chi connectivity index (χ3v) is 5.19. The largest absolute Gasteiger partial charge is 0.490 e. The number of carbonyl (C=O) groups is 1. The van der Waals surface area contributed by atoms with Crippen LogP contribution in [0, 0.1) is 11.3 Å². The van der Waals surface area contributed by atoms with Gasteiger partial charge in [-0.15, -0.1) is 0 Å². The Morgan fingerprint density at radius 2 is 1.55 bits per heavy atom. The van der Waals surface area contributed by atoms with Gasteiger partial charge in [0.05, 0.1) is 18.2 Å². The highest BCUT2D eigenvalue weighted by atomic mass is 16.5. The Labute approximate surface area is 183 Å². The van der Waals surface area contributed by atoms with E-state index in [2.05, 4.69) is 42.6 Å². The van der Waals surface area contributed by atoms with Gasteiger partial charge in [-0.05, 0) is 37.1 Å². The molecular weight excluding hydrogens is 388 g/mol. The second-order valence-corrected chi connectivity index (χ2v) is 7.34. The van der Waals surface area contributed by atoms with Crippen LogP contribution >= 0.6 is 0 Å². The topological polar surface area (TPSA) is 71.3 Å². The molecule has 5 nitrogen and oxygen atoms in total. The normalized spacial score (nSPS) is 10.7. The molecule has 3 aromatic rings. The van der Waals surface area contributed by atoms with Crippen molar-refractivity contribution in [3.05, 3.63) is 95.6 Å². The molecule has 3 rings (SSSR count). The molecule has 0 radical (unpaired) electrons. The zero-order chi connectivity index (χ0) is 22.1. The number of benzene rings is 3. The Hall–Kier alpha value is -3.78. The summed E-state index contributed by atoms with van der Waals surface area (Å²) in [6.07, 6.45) is 0. The van der Waals surface area contributed by atoms with Gasteiger partial charge in [0.25, 0.3) is 5.91 Å². The van der Waals surface area contributed by atoms with Crippen molar-refractivity contribution in [1.82, 2.24) is 5.32 Å². The molecule has 0 fully saturated rings. The summed E-state index contributed by atoms with van der Waals surface area (Å²) in [7, 11) is 0. The SMILES string of the molecule is CCOc1cc(C#N)ccc1OCC(=O)NCC(C)(c1ccccc1)c1ccccc1. The first-order chi connectivity index (χ1) is 15.1. The smallest absolute Gasteiger partial charge is 0.257 e. The molecule has 0 heterocycles. The van der Waals surface area contributed by atoms with E-state index in [0.29, 0.717) is 30.2 Å².